The zero-order valence-electron chi connectivity index (χ0n) is 9.62. The Balaban J connectivity index is 2.83. The zero-order chi connectivity index (χ0) is 11.8. The second-order valence-corrected chi connectivity index (χ2v) is 4.43. The fraction of sp³-hybridized carbons (Fsp3) is 0.417. The molecule has 0 bridgehead atoms. The van der Waals surface area contributed by atoms with Gasteiger partial charge in [-0.15, -0.1) is 11.8 Å². The van der Waals surface area contributed by atoms with E-state index in [0.717, 1.165) is 17.2 Å². The molecule has 1 N–H and O–H groups in total. The number of nitrogens with zero attached hydrogens (tertiary/aromatic N) is 1. The molecule has 3 nitrogen and oxygen atoms in total. The SMILES string of the molecule is CCSc1cccc(OCCNC)c1C#N. The van der Waals surface area contributed by atoms with Crippen LogP contribution in [-0.4, -0.2) is 26.0 Å². The Morgan fingerprint density at radius 3 is 2.94 bits per heavy atom. The van der Waals surface area contributed by atoms with Crippen LogP contribution in [0.3, 0.4) is 0 Å². The Kier molecular flexibility index (Phi) is 5.76. The molecule has 0 aromatic heterocycles. The molecule has 0 unspecified atom stereocenters. The first-order valence-corrected chi connectivity index (χ1v) is 6.25. The number of hydrogen-bond acceptors (Lipinski definition) is 4. The summed E-state index contributed by atoms with van der Waals surface area (Å²) in [5, 5.41) is 12.1. The maximum Gasteiger partial charge on any atom is 0.138 e. The van der Waals surface area contributed by atoms with E-state index in [1.54, 1.807) is 11.8 Å². The van der Waals surface area contributed by atoms with Crippen LogP contribution in [0.2, 0.25) is 0 Å². The van der Waals surface area contributed by atoms with Gasteiger partial charge in [0.1, 0.15) is 24.0 Å². The molecule has 0 spiro atoms. The van der Waals surface area contributed by atoms with Crippen molar-refractivity contribution in [3.8, 4) is 11.8 Å². The molecule has 16 heavy (non-hydrogen) atoms. The summed E-state index contributed by atoms with van der Waals surface area (Å²) >= 11 is 1.66. The second-order valence-electron chi connectivity index (χ2n) is 3.13. The summed E-state index contributed by atoms with van der Waals surface area (Å²) in [6, 6.07) is 7.93. The van der Waals surface area contributed by atoms with Crippen molar-refractivity contribution in [3.63, 3.8) is 0 Å². The molecule has 1 aromatic rings. The van der Waals surface area contributed by atoms with Gasteiger partial charge in [0.15, 0.2) is 0 Å². The van der Waals surface area contributed by atoms with Crippen LogP contribution in [0, 0.1) is 11.3 Å². The fourth-order valence-corrected chi connectivity index (χ4v) is 2.06. The summed E-state index contributed by atoms with van der Waals surface area (Å²) in [6.45, 7) is 3.42. The van der Waals surface area contributed by atoms with E-state index >= 15 is 0 Å². The number of benzene rings is 1. The smallest absolute Gasteiger partial charge is 0.138 e. The van der Waals surface area contributed by atoms with Gasteiger partial charge in [0.05, 0.1) is 0 Å². The molecule has 0 saturated carbocycles. The zero-order valence-corrected chi connectivity index (χ0v) is 10.4. The Hall–Kier alpha value is -1.18. The molecule has 0 aliphatic rings. The van der Waals surface area contributed by atoms with Crippen LogP contribution in [0.1, 0.15) is 12.5 Å². The lowest BCUT2D eigenvalue weighted by Crippen LogP contribution is -2.16. The summed E-state index contributed by atoms with van der Waals surface area (Å²) in [5.74, 6) is 1.63. The van der Waals surface area contributed by atoms with Gasteiger partial charge in [0, 0.05) is 11.4 Å². The highest BCUT2D eigenvalue weighted by Gasteiger charge is 2.08. The molecule has 0 radical (unpaired) electrons. The van der Waals surface area contributed by atoms with E-state index in [-0.39, 0.29) is 0 Å². The lowest BCUT2D eigenvalue weighted by molar-refractivity contribution is 0.317. The van der Waals surface area contributed by atoms with Gasteiger partial charge < -0.3 is 10.1 Å². The molecule has 0 heterocycles. The van der Waals surface area contributed by atoms with Gasteiger partial charge in [0.2, 0.25) is 0 Å². The molecule has 0 aliphatic carbocycles. The van der Waals surface area contributed by atoms with Crippen LogP contribution < -0.4 is 10.1 Å². The number of nitrogens with one attached hydrogen (secondary N) is 1. The molecule has 0 saturated heterocycles. The highest BCUT2D eigenvalue weighted by molar-refractivity contribution is 7.99. The van der Waals surface area contributed by atoms with E-state index in [9.17, 15) is 0 Å². The van der Waals surface area contributed by atoms with Gasteiger partial charge >= 0.3 is 0 Å². The minimum atomic E-state index is 0.575. The van der Waals surface area contributed by atoms with Crippen molar-refractivity contribution in [2.45, 2.75) is 11.8 Å². The molecule has 1 rings (SSSR count). The monoisotopic (exact) mass is 236 g/mol. The minimum Gasteiger partial charge on any atom is -0.491 e. The molecule has 1 aromatic carbocycles. The predicted octanol–water partition coefficient (Wildman–Crippen LogP) is 2.27. The first-order valence-electron chi connectivity index (χ1n) is 5.26. The van der Waals surface area contributed by atoms with E-state index in [1.807, 2.05) is 25.2 Å². The number of nitriles is 1. The molecule has 0 fully saturated rings. The van der Waals surface area contributed by atoms with E-state index in [4.69, 9.17) is 10.00 Å². The predicted molar refractivity (Wildman–Crippen MR) is 67.0 cm³/mol. The van der Waals surface area contributed by atoms with Crippen molar-refractivity contribution >= 4 is 11.8 Å². The average Bonchev–Trinajstić information content (AvgIpc) is 2.30. The number of ether oxygens (including phenoxy) is 1. The summed E-state index contributed by atoms with van der Waals surface area (Å²) in [7, 11) is 1.87. The topological polar surface area (TPSA) is 45.0 Å². The summed E-state index contributed by atoms with van der Waals surface area (Å²) in [6.07, 6.45) is 0. The normalized spacial score (nSPS) is 9.81. The van der Waals surface area contributed by atoms with E-state index < -0.39 is 0 Å². The van der Waals surface area contributed by atoms with Gasteiger partial charge in [-0.05, 0) is 24.9 Å². The van der Waals surface area contributed by atoms with Crippen LogP contribution in [0.25, 0.3) is 0 Å². The standard InChI is InChI=1S/C12H16N2OS/c1-3-16-12-6-4-5-11(10(12)9-13)15-8-7-14-2/h4-6,14H,3,7-8H2,1-2H3. The summed E-state index contributed by atoms with van der Waals surface area (Å²) in [5.41, 5.74) is 0.644. The maximum atomic E-state index is 9.12. The third-order valence-electron chi connectivity index (χ3n) is 2.01. The molecule has 0 amide bonds. The van der Waals surface area contributed by atoms with Gasteiger partial charge in [-0.25, -0.2) is 0 Å². The molecule has 0 aliphatic heterocycles. The van der Waals surface area contributed by atoms with Gasteiger partial charge in [0.25, 0.3) is 0 Å². The summed E-state index contributed by atoms with van der Waals surface area (Å²) in [4.78, 5) is 0.993. The fourth-order valence-electron chi connectivity index (χ4n) is 1.28. The quantitative estimate of drug-likeness (QED) is 0.608. The number of rotatable bonds is 6. The largest absolute Gasteiger partial charge is 0.491 e. The number of hydrogen-bond donors (Lipinski definition) is 1. The lowest BCUT2D eigenvalue weighted by atomic mass is 10.2. The Morgan fingerprint density at radius 2 is 2.31 bits per heavy atom. The third-order valence-corrected chi connectivity index (χ3v) is 2.95. The van der Waals surface area contributed by atoms with Crippen molar-refractivity contribution < 1.29 is 4.74 Å². The van der Waals surface area contributed by atoms with Gasteiger partial charge in [-0.1, -0.05) is 13.0 Å². The average molecular weight is 236 g/mol. The van der Waals surface area contributed by atoms with Crippen molar-refractivity contribution in [2.75, 3.05) is 26.0 Å². The maximum absolute atomic E-state index is 9.12. The Labute approximate surface area is 101 Å². The Bertz CT molecular complexity index is 374. The summed E-state index contributed by atoms with van der Waals surface area (Å²) < 4.78 is 5.56. The number of likely N-dealkylation sites (N-methyl/N-ethyl adjacent to an activating group) is 1. The molecule has 0 atom stereocenters. The van der Waals surface area contributed by atoms with Crippen molar-refractivity contribution in [2.24, 2.45) is 0 Å². The van der Waals surface area contributed by atoms with Crippen LogP contribution in [-0.2, 0) is 0 Å². The van der Waals surface area contributed by atoms with Crippen molar-refractivity contribution in [1.82, 2.24) is 5.32 Å². The van der Waals surface area contributed by atoms with Gasteiger partial charge in [-0.3, -0.25) is 0 Å². The van der Waals surface area contributed by atoms with E-state index in [0.29, 0.717) is 17.9 Å². The van der Waals surface area contributed by atoms with Crippen molar-refractivity contribution in [1.29, 1.82) is 5.26 Å². The van der Waals surface area contributed by atoms with Crippen molar-refractivity contribution in [3.05, 3.63) is 23.8 Å². The minimum absolute atomic E-state index is 0.575. The third kappa shape index (κ3) is 3.44. The first-order chi connectivity index (χ1) is 7.83. The van der Waals surface area contributed by atoms with Crippen LogP contribution in [0.15, 0.2) is 23.1 Å². The molecular formula is C12H16N2OS. The Morgan fingerprint density at radius 1 is 1.50 bits per heavy atom. The molecule has 4 heteroatoms. The van der Waals surface area contributed by atoms with E-state index in [2.05, 4.69) is 18.3 Å². The first kappa shape index (κ1) is 12.9. The second kappa shape index (κ2) is 7.15. The van der Waals surface area contributed by atoms with Crippen LogP contribution >= 0.6 is 11.8 Å². The highest BCUT2D eigenvalue weighted by atomic mass is 32.2. The van der Waals surface area contributed by atoms with Crippen LogP contribution in [0.4, 0.5) is 0 Å². The highest BCUT2D eigenvalue weighted by Crippen LogP contribution is 2.29. The van der Waals surface area contributed by atoms with Gasteiger partial charge in [-0.2, -0.15) is 5.26 Å². The number of thioether (sulfide) groups is 1. The van der Waals surface area contributed by atoms with Crippen LogP contribution in [0.5, 0.6) is 5.75 Å². The molecule has 86 valence electrons. The lowest BCUT2D eigenvalue weighted by Gasteiger charge is -2.10. The van der Waals surface area contributed by atoms with E-state index in [1.165, 1.54) is 0 Å². The molecular weight excluding hydrogens is 220 g/mol.